The van der Waals surface area contributed by atoms with Crippen LogP contribution in [0.15, 0.2) is 6.07 Å². The molecule has 0 spiro atoms. The summed E-state index contributed by atoms with van der Waals surface area (Å²) in [5.74, 6) is 0.159. The van der Waals surface area contributed by atoms with Crippen molar-refractivity contribution in [1.82, 2.24) is 0 Å². The normalized spacial score (nSPS) is 21.9. The van der Waals surface area contributed by atoms with Crippen molar-refractivity contribution in [3.63, 3.8) is 0 Å². The molecule has 1 fully saturated rings. The fourth-order valence-corrected chi connectivity index (χ4v) is 5.43. The molecular formula is C22H28Cl2O4. The monoisotopic (exact) mass is 426 g/mol. The predicted molar refractivity (Wildman–Crippen MR) is 111 cm³/mol. The number of benzene rings is 1. The number of ketones is 1. The van der Waals surface area contributed by atoms with Gasteiger partial charge in [-0.2, -0.15) is 0 Å². The van der Waals surface area contributed by atoms with E-state index in [1.54, 1.807) is 0 Å². The third-order valence-corrected chi connectivity index (χ3v) is 7.20. The lowest BCUT2D eigenvalue weighted by molar-refractivity contribution is -0.137. The van der Waals surface area contributed by atoms with Crippen LogP contribution in [0.1, 0.15) is 80.6 Å². The second-order valence-corrected chi connectivity index (χ2v) is 8.89. The molecule has 154 valence electrons. The molecule has 1 aromatic rings. The van der Waals surface area contributed by atoms with Crippen LogP contribution in [0.5, 0.6) is 5.75 Å². The van der Waals surface area contributed by atoms with E-state index in [9.17, 15) is 9.59 Å². The van der Waals surface area contributed by atoms with Crippen molar-refractivity contribution in [2.45, 2.75) is 71.1 Å². The van der Waals surface area contributed by atoms with Crippen LogP contribution in [-0.4, -0.2) is 23.5 Å². The summed E-state index contributed by atoms with van der Waals surface area (Å²) in [4.78, 5) is 24.2. The maximum atomic E-state index is 13.6. The third kappa shape index (κ3) is 4.04. The predicted octanol–water partition coefficient (Wildman–Crippen LogP) is 6.34. The number of halogens is 2. The van der Waals surface area contributed by atoms with Crippen LogP contribution in [0.3, 0.4) is 0 Å². The Morgan fingerprint density at radius 3 is 2.61 bits per heavy atom. The van der Waals surface area contributed by atoms with Crippen LogP contribution >= 0.6 is 23.2 Å². The SMILES string of the molecule is CCCC[C@@]1(C2CCCC2)Cc2cc(OCCCC(=O)O)c(Cl)c(Cl)c2C1=O. The summed E-state index contributed by atoms with van der Waals surface area (Å²) in [5.41, 5.74) is 1.15. The van der Waals surface area contributed by atoms with E-state index in [4.69, 9.17) is 33.0 Å². The highest BCUT2D eigenvalue weighted by Gasteiger charge is 2.51. The molecule has 0 amide bonds. The molecule has 6 heteroatoms. The first-order valence-electron chi connectivity index (χ1n) is 10.3. The lowest BCUT2D eigenvalue weighted by Crippen LogP contribution is -2.35. The van der Waals surface area contributed by atoms with Crippen molar-refractivity contribution >= 4 is 35.0 Å². The molecule has 0 heterocycles. The van der Waals surface area contributed by atoms with E-state index in [0.29, 0.717) is 30.1 Å². The van der Waals surface area contributed by atoms with Crippen molar-refractivity contribution in [2.75, 3.05) is 6.61 Å². The number of hydrogen-bond acceptors (Lipinski definition) is 3. The van der Waals surface area contributed by atoms with Gasteiger partial charge in [-0.05, 0) is 49.7 Å². The topological polar surface area (TPSA) is 63.6 Å². The van der Waals surface area contributed by atoms with Crippen molar-refractivity contribution in [3.05, 3.63) is 27.2 Å². The fourth-order valence-electron chi connectivity index (χ4n) is 4.92. The average Bonchev–Trinajstić information content (AvgIpc) is 3.28. The number of carboxylic acid groups (broad SMARTS) is 1. The lowest BCUT2D eigenvalue weighted by Gasteiger charge is -2.34. The van der Waals surface area contributed by atoms with Crippen molar-refractivity contribution in [2.24, 2.45) is 11.3 Å². The minimum Gasteiger partial charge on any atom is -0.492 e. The fraction of sp³-hybridized carbons (Fsp3) is 0.636. The second-order valence-electron chi connectivity index (χ2n) is 8.13. The molecule has 4 nitrogen and oxygen atoms in total. The summed E-state index contributed by atoms with van der Waals surface area (Å²) in [5, 5.41) is 9.29. The standard InChI is InChI=1S/C22H28Cl2O4/c1-2-3-10-22(15-7-4-5-8-15)13-14-12-16(28-11-6-9-17(25)26)19(23)20(24)18(14)21(22)27/h12,15H,2-11,13H2,1H3,(H,25,26)/t22-/m0/s1. The van der Waals surface area contributed by atoms with Gasteiger partial charge >= 0.3 is 5.97 Å². The van der Waals surface area contributed by atoms with E-state index in [1.807, 2.05) is 6.07 Å². The van der Waals surface area contributed by atoms with Gasteiger partial charge in [-0.3, -0.25) is 9.59 Å². The molecule has 1 saturated carbocycles. The highest BCUT2D eigenvalue weighted by molar-refractivity contribution is 6.45. The molecular weight excluding hydrogens is 399 g/mol. The smallest absolute Gasteiger partial charge is 0.303 e. The molecule has 3 rings (SSSR count). The Morgan fingerprint density at radius 2 is 1.96 bits per heavy atom. The summed E-state index contributed by atoms with van der Waals surface area (Å²) >= 11 is 13.0. The Hall–Kier alpha value is -1.26. The Labute approximate surface area is 176 Å². The van der Waals surface area contributed by atoms with E-state index >= 15 is 0 Å². The summed E-state index contributed by atoms with van der Waals surface area (Å²) in [7, 11) is 0. The average molecular weight is 427 g/mol. The van der Waals surface area contributed by atoms with Crippen LogP contribution in [-0.2, 0) is 11.2 Å². The molecule has 0 radical (unpaired) electrons. The van der Waals surface area contributed by atoms with Gasteiger partial charge in [0.1, 0.15) is 10.8 Å². The minimum atomic E-state index is -0.857. The van der Waals surface area contributed by atoms with E-state index < -0.39 is 5.97 Å². The zero-order valence-electron chi connectivity index (χ0n) is 16.4. The van der Waals surface area contributed by atoms with Crippen LogP contribution in [0, 0.1) is 11.3 Å². The van der Waals surface area contributed by atoms with E-state index in [1.165, 1.54) is 12.8 Å². The van der Waals surface area contributed by atoms with Crippen LogP contribution in [0.2, 0.25) is 10.0 Å². The van der Waals surface area contributed by atoms with Crippen LogP contribution in [0.25, 0.3) is 0 Å². The summed E-state index contributed by atoms with van der Waals surface area (Å²) < 4.78 is 5.71. The number of fused-ring (bicyclic) bond motifs is 1. The highest BCUT2D eigenvalue weighted by atomic mass is 35.5. The van der Waals surface area contributed by atoms with Gasteiger partial charge in [-0.15, -0.1) is 0 Å². The van der Waals surface area contributed by atoms with E-state index in [2.05, 4.69) is 6.92 Å². The number of carbonyl (C=O) groups is 2. The number of Topliss-reactive ketones (excluding diaryl/α,β-unsaturated/α-hetero) is 1. The maximum Gasteiger partial charge on any atom is 0.303 e. The lowest BCUT2D eigenvalue weighted by atomic mass is 9.68. The molecule has 1 atom stereocenters. The zero-order valence-corrected chi connectivity index (χ0v) is 17.9. The molecule has 0 aromatic heterocycles. The molecule has 2 aliphatic carbocycles. The van der Waals surface area contributed by atoms with Gasteiger partial charge in [0, 0.05) is 17.4 Å². The third-order valence-electron chi connectivity index (χ3n) is 6.35. The quantitative estimate of drug-likeness (QED) is 0.467. The molecule has 0 saturated heterocycles. The van der Waals surface area contributed by atoms with Gasteiger partial charge in [0.15, 0.2) is 5.78 Å². The number of rotatable bonds is 9. The maximum absolute atomic E-state index is 13.6. The number of carboxylic acids is 1. The summed E-state index contributed by atoms with van der Waals surface area (Å²) in [6.45, 7) is 2.40. The zero-order chi connectivity index (χ0) is 20.3. The minimum absolute atomic E-state index is 0.0383. The molecule has 1 aromatic carbocycles. The van der Waals surface area contributed by atoms with E-state index in [0.717, 1.165) is 37.7 Å². The Bertz CT molecular complexity index is 755. The van der Waals surface area contributed by atoms with Gasteiger partial charge in [0.05, 0.1) is 11.6 Å². The highest BCUT2D eigenvalue weighted by Crippen LogP contribution is 2.54. The van der Waals surface area contributed by atoms with Crippen molar-refractivity contribution in [3.8, 4) is 5.75 Å². The number of hydrogen-bond donors (Lipinski definition) is 1. The van der Waals surface area contributed by atoms with E-state index in [-0.39, 0.29) is 34.3 Å². The Kier molecular flexibility index (Phi) is 6.93. The largest absolute Gasteiger partial charge is 0.492 e. The number of aliphatic carboxylic acids is 1. The van der Waals surface area contributed by atoms with Crippen LogP contribution in [0.4, 0.5) is 0 Å². The second kappa shape index (κ2) is 9.04. The molecule has 2 aliphatic rings. The molecule has 0 unspecified atom stereocenters. The van der Waals surface area contributed by atoms with Gasteiger partial charge in [-0.25, -0.2) is 0 Å². The first-order chi connectivity index (χ1) is 13.4. The van der Waals surface area contributed by atoms with Gasteiger partial charge in [0.2, 0.25) is 0 Å². The van der Waals surface area contributed by atoms with Gasteiger partial charge in [0.25, 0.3) is 0 Å². The first kappa shape index (κ1) is 21.4. The summed E-state index contributed by atoms with van der Waals surface area (Å²) in [6, 6.07) is 1.85. The number of ether oxygens (including phenoxy) is 1. The van der Waals surface area contributed by atoms with Gasteiger partial charge in [-0.1, -0.05) is 55.8 Å². The number of carbonyl (C=O) groups excluding carboxylic acids is 1. The molecule has 1 N–H and O–H groups in total. The van der Waals surface area contributed by atoms with Crippen LogP contribution < -0.4 is 4.74 Å². The Morgan fingerprint density at radius 1 is 1.25 bits per heavy atom. The van der Waals surface area contributed by atoms with Crippen molar-refractivity contribution < 1.29 is 19.4 Å². The molecule has 0 aliphatic heterocycles. The van der Waals surface area contributed by atoms with Gasteiger partial charge < -0.3 is 9.84 Å². The first-order valence-corrected chi connectivity index (χ1v) is 11.1. The molecule has 28 heavy (non-hydrogen) atoms. The van der Waals surface area contributed by atoms with Crippen molar-refractivity contribution in [1.29, 1.82) is 0 Å². The summed E-state index contributed by atoms with van der Waals surface area (Å²) in [6.07, 6.45) is 8.70. The number of unbranched alkanes of at least 4 members (excludes halogenated alkanes) is 1. The Balaban J connectivity index is 1.88. The molecule has 0 bridgehead atoms.